The van der Waals surface area contributed by atoms with Crippen LogP contribution >= 0.6 is 11.3 Å². The molecule has 1 aliphatic heterocycles. The third-order valence-electron chi connectivity index (χ3n) is 6.45. The highest BCUT2D eigenvalue weighted by Gasteiger charge is 2.48. The van der Waals surface area contributed by atoms with Crippen molar-refractivity contribution in [2.75, 3.05) is 11.5 Å². The predicted molar refractivity (Wildman–Crippen MR) is 147 cm³/mol. The van der Waals surface area contributed by atoms with Crippen LogP contribution in [0.2, 0.25) is 0 Å². The number of carbonyl (C=O) groups excluding carboxylic acids is 2. The first-order chi connectivity index (χ1) is 18.2. The van der Waals surface area contributed by atoms with Gasteiger partial charge in [-0.1, -0.05) is 67.1 Å². The van der Waals surface area contributed by atoms with E-state index in [9.17, 15) is 19.1 Å². The number of hydrogen-bond donors (Lipinski definition) is 1. The standard InChI is InChI=1S/C30H27FN2O4S/c1-17(2)13-14-37-22-6-4-5-20(15-22)26-25(27(34)19-9-7-18(3)8-10-19)28(35)29(36)33(26)30-32-23-12-11-21(31)16-24(23)38-30/h4-12,15-17,26,34H,13-14H2,1-3H3. The van der Waals surface area contributed by atoms with Crippen molar-refractivity contribution in [1.82, 2.24) is 4.98 Å². The van der Waals surface area contributed by atoms with Gasteiger partial charge >= 0.3 is 5.91 Å². The lowest BCUT2D eigenvalue weighted by molar-refractivity contribution is -0.132. The van der Waals surface area contributed by atoms with Crippen molar-refractivity contribution in [2.45, 2.75) is 33.2 Å². The van der Waals surface area contributed by atoms with Crippen LogP contribution in [0, 0.1) is 18.7 Å². The molecule has 5 rings (SSSR count). The number of aliphatic hydroxyl groups is 1. The zero-order valence-corrected chi connectivity index (χ0v) is 22.1. The van der Waals surface area contributed by atoms with Gasteiger partial charge < -0.3 is 9.84 Å². The first kappa shape index (κ1) is 25.6. The van der Waals surface area contributed by atoms with Crippen LogP contribution in [-0.2, 0) is 9.59 Å². The molecule has 1 unspecified atom stereocenters. The highest BCUT2D eigenvalue weighted by Crippen LogP contribution is 2.45. The van der Waals surface area contributed by atoms with Gasteiger partial charge in [-0.25, -0.2) is 9.37 Å². The molecule has 8 heteroatoms. The highest BCUT2D eigenvalue weighted by molar-refractivity contribution is 7.22. The quantitative estimate of drug-likeness (QED) is 0.162. The van der Waals surface area contributed by atoms with E-state index in [0.717, 1.165) is 23.3 Å². The second kappa shape index (κ2) is 10.4. The Kier molecular flexibility index (Phi) is 6.99. The summed E-state index contributed by atoms with van der Waals surface area (Å²) in [6.07, 6.45) is 0.873. The van der Waals surface area contributed by atoms with E-state index in [-0.39, 0.29) is 16.5 Å². The molecule has 6 nitrogen and oxygen atoms in total. The van der Waals surface area contributed by atoms with Gasteiger partial charge in [-0.15, -0.1) is 0 Å². The van der Waals surface area contributed by atoms with Gasteiger partial charge in [-0.05, 0) is 55.2 Å². The van der Waals surface area contributed by atoms with Gasteiger partial charge in [0.25, 0.3) is 5.78 Å². The molecule has 194 valence electrons. The minimum atomic E-state index is -0.949. The Morgan fingerprint density at radius 1 is 1.11 bits per heavy atom. The van der Waals surface area contributed by atoms with Gasteiger partial charge in [0.2, 0.25) is 0 Å². The molecule has 1 saturated heterocycles. The van der Waals surface area contributed by atoms with Crippen molar-refractivity contribution >= 4 is 44.1 Å². The van der Waals surface area contributed by atoms with Gasteiger partial charge in [0.15, 0.2) is 5.13 Å². The number of aryl methyl sites for hydroxylation is 1. The van der Waals surface area contributed by atoms with Gasteiger partial charge in [-0.3, -0.25) is 14.5 Å². The third kappa shape index (κ3) is 4.91. The maximum Gasteiger partial charge on any atom is 0.301 e. The maximum absolute atomic E-state index is 13.9. The van der Waals surface area contributed by atoms with Gasteiger partial charge in [0.1, 0.15) is 17.3 Å². The van der Waals surface area contributed by atoms with Crippen LogP contribution in [-0.4, -0.2) is 28.4 Å². The van der Waals surface area contributed by atoms with Crippen LogP contribution in [0.15, 0.2) is 72.3 Å². The summed E-state index contributed by atoms with van der Waals surface area (Å²) in [7, 11) is 0. The summed E-state index contributed by atoms with van der Waals surface area (Å²) in [4.78, 5) is 32.7. The van der Waals surface area contributed by atoms with Crippen LogP contribution in [0.3, 0.4) is 0 Å². The SMILES string of the molecule is Cc1ccc(C(O)=C2C(=O)C(=O)N(c3nc4ccc(F)cc4s3)C2c2cccc(OCCC(C)C)c2)cc1. The van der Waals surface area contributed by atoms with Crippen LogP contribution in [0.4, 0.5) is 9.52 Å². The van der Waals surface area contributed by atoms with E-state index < -0.39 is 23.5 Å². The number of thiazole rings is 1. The Bertz CT molecular complexity index is 1560. The molecule has 0 radical (unpaired) electrons. The lowest BCUT2D eigenvalue weighted by Crippen LogP contribution is -2.29. The molecule has 38 heavy (non-hydrogen) atoms. The molecule has 3 aromatic carbocycles. The number of hydrogen-bond acceptors (Lipinski definition) is 6. The largest absolute Gasteiger partial charge is 0.507 e. The van der Waals surface area contributed by atoms with Crippen molar-refractivity contribution < 1.29 is 23.8 Å². The summed E-state index contributed by atoms with van der Waals surface area (Å²) in [6.45, 7) is 6.67. The Morgan fingerprint density at radius 3 is 2.61 bits per heavy atom. The molecular formula is C30H27FN2O4S. The van der Waals surface area contributed by atoms with Crippen molar-refractivity contribution in [1.29, 1.82) is 0 Å². The average Bonchev–Trinajstić information content (AvgIpc) is 3.41. The van der Waals surface area contributed by atoms with Crippen LogP contribution in [0.5, 0.6) is 5.75 Å². The molecule has 1 atom stereocenters. The molecule has 1 fully saturated rings. The highest BCUT2D eigenvalue weighted by atomic mass is 32.1. The number of ketones is 1. The van der Waals surface area contributed by atoms with E-state index in [1.54, 1.807) is 30.3 Å². The fraction of sp³-hybridized carbons (Fsp3) is 0.233. The number of aliphatic hydroxyl groups excluding tert-OH is 1. The fourth-order valence-electron chi connectivity index (χ4n) is 4.39. The lowest BCUT2D eigenvalue weighted by Gasteiger charge is -2.23. The summed E-state index contributed by atoms with van der Waals surface area (Å²) in [5.74, 6) is -1.25. The minimum absolute atomic E-state index is 0.0383. The maximum atomic E-state index is 13.9. The molecular weight excluding hydrogens is 503 g/mol. The Balaban J connectivity index is 1.65. The Hall–Kier alpha value is -4.04. The molecule has 0 spiro atoms. The molecule has 0 saturated carbocycles. The van der Waals surface area contributed by atoms with E-state index in [4.69, 9.17) is 4.74 Å². The van der Waals surface area contributed by atoms with Crippen molar-refractivity contribution in [3.63, 3.8) is 0 Å². The Morgan fingerprint density at radius 2 is 1.87 bits per heavy atom. The number of halogens is 1. The van der Waals surface area contributed by atoms with E-state index >= 15 is 0 Å². The molecule has 1 aromatic heterocycles. The van der Waals surface area contributed by atoms with Crippen molar-refractivity contribution in [2.24, 2.45) is 5.92 Å². The number of benzene rings is 3. The molecule has 1 aliphatic rings. The molecule has 1 amide bonds. The number of aromatic nitrogens is 1. The Labute approximate surface area is 224 Å². The number of anilines is 1. The van der Waals surface area contributed by atoms with Crippen LogP contribution in [0.1, 0.15) is 43.0 Å². The van der Waals surface area contributed by atoms with Gasteiger partial charge in [0.05, 0.1) is 28.4 Å². The topological polar surface area (TPSA) is 79.7 Å². The monoisotopic (exact) mass is 530 g/mol. The number of carbonyl (C=O) groups is 2. The van der Waals surface area contributed by atoms with E-state index in [1.165, 1.54) is 23.1 Å². The summed E-state index contributed by atoms with van der Waals surface area (Å²) >= 11 is 1.11. The number of Topliss-reactive ketones (excluding diaryl/α,β-unsaturated/α-hetero) is 1. The molecule has 1 N–H and O–H groups in total. The van der Waals surface area contributed by atoms with E-state index in [1.807, 2.05) is 25.1 Å². The number of ether oxygens (including phenoxy) is 1. The van der Waals surface area contributed by atoms with E-state index in [0.29, 0.717) is 39.6 Å². The molecule has 2 heterocycles. The minimum Gasteiger partial charge on any atom is -0.507 e. The normalized spacial score (nSPS) is 17.1. The predicted octanol–water partition coefficient (Wildman–Crippen LogP) is 6.80. The first-order valence-corrected chi connectivity index (χ1v) is 13.2. The van der Waals surface area contributed by atoms with Crippen molar-refractivity contribution in [3.8, 4) is 5.75 Å². The third-order valence-corrected chi connectivity index (χ3v) is 7.47. The number of nitrogens with zero attached hydrogens (tertiary/aromatic N) is 2. The summed E-state index contributed by atoms with van der Waals surface area (Å²) in [5, 5.41) is 11.6. The number of fused-ring (bicyclic) bond motifs is 1. The van der Waals surface area contributed by atoms with Crippen molar-refractivity contribution in [3.05, 3.63) is 94.8 Å². The van der Waals surface area contributed by atoms with Crippen LogP contribution in [0.25, 0.3) is 16.0 Å². The summed E-state index contributed by atoms with van der Waals surface area (Å²) in [5.41, 5.74) is 2.48. The zero-order chi connectivity index (χ0) is 27.0. The van der Waals surface area contributed by atoms with Crippen LogP contribution < -0.4 is 9.64 Å². The average molecular weight is 531 g/mol. The lowest BCUT2D eigenvalue weighted by atomic mass is 9.95. The van der Waals surface area contributed by atoms with Gasteiger partial charge in [-0.2, -0.15) is 0 Å². The number of amides is 1. The summed E-state index contributed by atoms with van der Waals surface area (Å²) in [6, 6.07) is 17.5. The second-order valence-corrected chi connectivity index (χ2v) is 10.8. The first-order valence-electron chi connectivity index (χ1n) is 12.4. The summed E-state index contributed by atoms with van der Waals surface area (Å²) < 4.78 is 20.4. The fourth-order valence-corrected chi connectivity index (χ4v) is 5.41. The smallest absolute Gasteiger partial charge is 0.301 e. The molecule has 0 bridgehead atoms. The number of rotatable bonds is 7. The molecule has 4 aromatic rings. The zero-order valence-electron chi connectivity index (χ0n) is 21.3. The second-order valence-electron chi connectivity index (χ2n) is 9.75. The van der Waals surface area contributed by atoms with E-state index in [2.05, 4.69) is 18.8 Å². The molecule has 0 aliphatic carbocycles. The van der Waals surface area contributed by atoms with Gasteiger partial charge in [0, 0.05) is 5.56 Å².